The Morgan fingerprint density at radius 3 is 2.32 bits per heavy atom. The van der Waals surface area contributed by atoms with E-state index >= 15 is 0 Å². The van der Waals surface area contributed by atoms with Gasteiger partial charge < -0.3 is 4.74 Å². The third kappa shape index (κ3) is 3.35. The number of carbonyl (C=O) groups excluding carboxylic acids is 1. The number of ketones is 1. The molecular formula is C14H18O4S. The van der Waals surface area contributed by atoms with Crippen molar-refractivity contribution in [2.75, 3.05) is 12.9 Å². The van der Waals surface area contributed by atoms with Crippen molar-refractivity contribution in [3.8, 4) is 5.75 Å². The molecule has 0 aliphatic heterocycles. The molecule has 0 unspecified atom stereocenters. The predicted octanol–water partition coefficient (Wildman–Crippen LogP) is 2.23. The van der Waals surface area contributed by atoms with Gasteiger partial charge in [0.05, 0.1) is 12.0 Å². The summed E-state index contributed by atoms with van der Waals surface area (Å²) >= 11 is 0. The fourth-order valence-electron chi connectivity index (χ4n) is 2.42. The molecule has 0 aromatic heterocycles. The van der Waals surface area contributed by atoms with Crippen molar-refractivity contribution < 1.29 is 17.9 Å². The normalized spacial score (nSPS) is 16.5. The number of carbonyl (C=O) groups is 1. The Kier molecular flexibility index (Phi) is 4.24. The highest BCUT2D eigenvalue weighted by Crippen LogP contribution is 2.27. The van der Waals surface area contributed by atoms with Crippen molar-refractivity contribution in [3.63, 3.8) is 0 Å². The van der Waals surface area contributed by atoms with Crippen molar-refractivity contribution in [1.29, 1.82) is 0 Å². The predicted molar refractivity (Wildman–Crippen MR) is 72.0 cm³/mol. The van der Waals surface area contributed by atoms with Gasteiger partial charge >= 0.3 is 0 Å². The van der Waals surface area contributed by atoms with Gasteiger partial charge in [-0.3, -0.25) is 4.79 Å². The Bertz CT molecular complexity index is 539. The van der Waals surface area contributed by atoms with E-state index in [2.05, 4.69) is 0 Å². The van der Waals surface area contributed by atoms with E-state index in [-0.39, 0.29) is 22.3 Å². The van der Waals surface area contributed by atoms with Crippen LogP contribution in [0.4, 0.5) is 0 Å². The molecule has 1 fully saturated rings. The van der Waals surface area contributed by atoms with Crippen LogP contribution in [0.3, 0.4) is 0 Å². The number of benzene rings is 1. The van der Waals surface area contributed by atoms with Gasteiger partial charge in [-0.1, -0.05) is 12.8 Å². The van der Waals surface area contributed by atoms with Crippen LogP contribution in [0.2, 0.25) is 0 Å². The lowest BCUT2D eigenvalue weighted by Gasteiger charge is -2.09. The van der Waals surface area contributed by atoms with Gasteiger partial charge in [-0.2, -0.15) is 0 Å². The molecule has 4 nitrogen and oxygen atoms in total. The summed E-state index contributed by atoms with van der Waals surface area (Å²) in [5.74, 6) is 0.00620. The quantitative estimate of drug-likeness (QED) is 0.831. The summed E-state index contributed by atoms with van der Waals surface area (Å²) in [6, 6.07) is 6.14. The van der Waals surface area contributed by atoms with Crippen LogP contribution in [-0.2, 0) is 14.6 Å². The van der Waals surface area contributed by atoms with E-state index in [1.807, 2.05) is 0 Å². The Morgan fingerprint density at radius 1 is 1.21 bits per heavy atom. The number of sulfone groups is 1. The molecule has 0 radical (unpaired) electrons. The van der Waals surface area contributed by atoms with E-state index < -0.39 is 9.84 Å². The van der Waals surface area contributed by atoms with E-state index in [9.17, 15) is 13.2 Å². The van der Waals surface area contributed by atoms with E-state index in [4.69, 9.17) is 4.74 Å². The van der Waals surface area contributed by atoms with Gasteiger partial charge in [-0.15, -0.1) is 0 Å². The second-order valence-electron chi connectivity index (χ2n) is 4.88. The Hall–Kier alpha value is -1.36. The third-order valence-electron chi connectivity index (χ3n) is 3.56. The molecule has 1 aliphatic rings. The van der Waals surface area contributed by atoms with Crippen LogP contribution in [0.1, 0.15) is 25.7 Å². The molecule has 0 atom stereocenters. The Labute approximate surface area is 113 Å². The summed E-state index contributed by atoms with van der Waals surface area (Å²) in [6.07, 6.45) is 3.71. The maximum atomic E-state index is 12.1. The van der Waals surface area contributed by atoms with E-state index in [1.165, 1.54) is 19.2 Å². The molecular weight excluding hydrogens is 264 g/mol. The van der Waals surface area contributed by atoms with Crippen LogP contribution < -0.4 is 4.74 Å². The fourth-order valence-corrected chi connectivity index (χ4v) is 3.75. The lowest BCUT2D eigenvalue weighted by atomic mass is 10.0. The maximum absolute atomic E-state index is 12.1. The third-order valence-corrected chi connectivity index (χ3v) is 5.22. The molecule has 104 valence electrons. The van der Waals surface area contributed by atoms with Crippen LogP contribution in [0.15, 0.2) is 29.2 Å². The molecule has 0 saturated heterocycles. The van der Waals surface area contributed by atoms with Crippen molar-refractivity contribution in [2.45, 2.75) is 30.6 Å². The van der Waals surface area contributed by atoms with Crippen LogP contribution in [0, 0.1) is 5.92 Å². The minimum Gasteiger partial charge on any atom is -0.497 e. The summed E-state index contributed by atoms with van der Waals surface area (Å²) < 4.78 is 29.3. The average Bonchev–Trinajstić information content (AvgIpc) is 2.92. The fraction of sp³-hybridized carbons (Fsp3) is 0.500. The first-order chi connectivity index (χ1) is 9.03. The minimum absolute atomic E-state index is 0.0620. The smallest absolute Gasteiger partial charge is 0.185 e. The molecule has 0 bridgehead atoms. The van der Waals surface area contributed by atoms with Crippen LogP contribution in [0.25, 0.3) is 0 Å². The largest absolute Gasteiger partial charge is 0.497 e. The maximum Gasteiger partial charge on any atom is 0.185 e. The lowest BCUT2D eigenvalue weighted by molar-refractivity contribution is -0.120. The summed E-state index contributed by atoms with van der Waals surface area (Å²) in [7, 11) is -2.01. The van der Waals surface area contributed by atoms with E-state index in [0.29, 0.717) is 5.75 Å². The van der Waals surface area contributed by atoms with Gasteiger partial charge in [-0.05, 0) is 37.1 Å². The lowest BCUT2D eigenvalue weighted by Crippen LogP contribution is -2.22. The summed E-state index contributed by atoms with van der Waals surface area (Å²) in [4.78, 5) is 12.1. The first kappa shape index (κ1) is 14.1. The van der Waals surface area contributed by atoms with Crippen LogP contribution in [0.5, 0.6) is 5.75 Å². The number of Topliss-reactive ketones (excluding diaryl/α,β-unsaturated/α-hetero) is 1. The van der Waals surface area contributed by atoms with E-state index in [0.717, 1.165) is 25.7 Å². The highest BCUT2D eigenvalue weighted by atomic mass is 32.2. The van der Waals surface area contributed by atoms with Crippen molar-refractivity contribution >= 4 is 15.6 Å². The molecule has 0 amide bonds. The molecule has 2 rings (SSSR count). The first-order valence-electron chi connectivity index (χ1n) is 6.42. The highest BCUT2D eigenvalue weighted by molar-refractivity contribution is 7.92. The number of methoxy groups -OCH3 is 1. The standard InChI is InChI=1S/C14H18O4S/c1-18-12-6-8-13(9-7-12)19(16,17)10-14(15)11-4-2-3-5-11/h6-9,11H,2-5,10H2,1H3. The second-order valence-corrected chi connectivity index (χ2v) is 6.87. The van der Waals surface area contributed by atoms with E-state index in [1.54, 1.807) is 12.1 Å². The second kappa shape index (κ2) is 5.74. The SMILES string of the molecule is COc1ccc(S(=O)(=O)CC(=O)C2CCCC2)cc1. The Balaban J connectivity index is 2.10. The molecule has 0 N–H and O–H groups in total. The number of hydrogen-bond donors (Lipinski definition) is 0. The van der Waals surface area contributed by atoms with Gasteiger partial charge in [0, 0.05) is 5.92 Å². The number of rotatable bonds is 5. The van der Waals surface area contributed by atoms with Gasteiger partial charge in [-0.25, -0.2) is 8.42 Å². The molecule has 1 aliphatic carbocycles. The summed E-state index contributed by atoms with van der Waals surface area (Å²) in [5.41, 5.74) is 0. The van der Waals surface area contributed by atoms with Crippen molar-refractivity contribution in [3.05, 3.63) is 24.3 Å². The number of hydrogen-bond acceptors (Lipinski definition) is 4. The van der Waals surface area contributed by atoms with Crippen molar-refractivity contribution in [2.24, 2.45) is 5.92 Å². The van der Waals surface area contributed by atoms with Gasteiger partial charge in [0.25, 0.3) is 0 Å². The van der Waals surface area contributed by atoms with Crippen molar-refractivity contribution in [1.82, 2.24) is 0 Å². The van der Waals surface area contributed by atoms with Gasteiger partial charge in [0.15, 0.2) is 15.6 Å². The zero-order chi connectivity index (χ0) is 13.9. The first-order valence-corrected chi connectivity index (χ1v) is 8.07. The monoisotopic (exact) mass is 282 g/mol. The molecule has 5 heteroatoms. The number of ether oxygens (including phenoxy) is 1. The average molecular weight is 282 g/mol. The zero-order valence-corrected chi connectivity index (χ0v) is 11.8. The molecule has 1 aromatic rings. The Morgan fingerprint density at radius 2 is 1.79 bits per heavy atom. The molecule has 0 spiro atoms. The summed E-state index contributed by atoms with van der Waals surface area (Å²) in [5, 5.41) is 0. The van der Waals surface area contributed by atoms with Crippen LogP contribution >= 0.6 is 0 Å². The topological polar surface area (TPSA) is 60.4 Å². The van der Waals surface area contributed by atoms with Crippen LogP contribution in [-0.4, -0.2) is 27.1 Å². The van der Waals surface area contributed by atoms with Gasteiger partial charge in [0.1, 0.15) is 11.5 Å². The van der Waals surface area contributed by atoms with Gasteiger partial charge in [0.2, 0.25) is 0 Å². The molecule has 19 heavy (non-hydrogen) atoms. The highest BCUT2D eigenvalue weighted by Gasteiger charge is 2.27. The zero-order valence-electron chi connectivity index (χ0n) is 11.0. The molecule has 0 heterocycles. The summed E-state index contributed by atoms with van der Waals surface area (Å²) in [6.45, 7) is 0. The minimum atomic E-state index is -3.53. The molecule has 1 saturated carbocycles. The molecule has 1 aromatic carbocycles.